The Morgan fingerprint density at radius 3 is 2.67 bits per heavy atom. The zero-order valence-electron chi connectivity index (χ0n) is 26.9. The van der Waals surface area contributed by atoms with Crippen LogP contribution in [0, 0.1) is 11.3 Å². The lowest BCUT2D eigenvalue weighted by Crippen LogP contribution is -2.67. The van der Waals surface area contributed by atoms with E-state index in [9.17, 15) is 5.26 Å². The molecule has 7 rings (SSSR count). The van der Waals surface area contributed by atoms with E-state index in [1.807, 2.05) is 6.07 Å². The molecule has 3 N–H and O–H groups in total. The molecule has 11 nitrogen and oxygen atoms in total. The summed E-state index contributed by atoms with van der Waals surface area (Å²) in [5, 5.41) is 18.2. The molecule has 1 spiro atoms. The second-order valence-electron chi connectivity index (χ2n) is 13.7. The average molecular weight is 614 g/mol. The topological polar surface area (TPSA) is 145 Å². The first-order valence-electron chi connectivity index (χ1n) is 16.2. The average Bonchev–Trinajstić information content (AvgIpc) is 3.64. The van der Waals surface area contributed by atoms with Crippen molar-refractivity contribution in [1.82, 2.24) is 25.3 Å². The van der Waals surface area contributed by atoms with E-state index in [0.29, 0.717) is 34.5 Å². The Bertz CT molecular complexity index is 1640. The van der Waals surface area contributed by atoms with Gasteiger partial charge in [0.05, 0.1) is 34.7 Å². The molecule has 1 aromatic carbocycles. The Balaban J connectivity index is 1.30. The molecule has 0 bridgehead atoms. The zero-order valence-corrected chi connectivity index (χ0v) is 26.9. The third-order valence-electron chi connectivity index (χ3n) is 10.7. The summed E-state index contributed by atoms with van der Waals surface area (Å²) < 4.78 is 25.0. The lowest BCUT2D eigenvalue weighted by Gasteiger charge is -2.44. The van der Waals surface area contributed by atoms with E-state index in [2.05, 4.69) is 55.3 Å². The number of likely N-dealkylation sites (N-methyl/N-ethyl adjacent to an activating group) is 1. The molecule has 2 aliphatic heterocycles. The number of nitrogens with two attached hydrogens (primary N) is 1. The molecule has 0 radical (unpaired) electrons. The highest BCUT2D eigenvalue weighted by Gasteiger charge is 2.48. The smallest absolute Gasteiger partial charge is 0.221 e. The number of nitriles is 1. The molecule has 0 saturated carbocycles. The first-order valence-corrected chi connectivity index (χ1v) is 16.2. The molecule has 4 aliphatic rings. The number of anilines is 1. The summed E-state index contributed by atoms with van der Waals surface area (Å²) in [5.74, 6) is 2.08. The Morgan fingerprint density at radius 1 is 1.18 bits per heavy atom. The first-order chi connectivity index (χ1) is 21.6. The highest BCUT2D eigenvalue weighted by atomic mass is 16.5. The van der Waals surface area contributed by atoms with Gasteiger partial charge in [-0.2, -0.15) is 15.2 Å². The van der Waals surface area contributed by atoms with Gasteiger partial charge in [-0.15, -0.1) is 0 Å². The fraction of sp³-hybridized carbons (Fsp3) is 0.588. The maximum absolute atomic E-state index is 10.2. The number of fused-ring (bicyclic) bond motifs is 4. The highest BCUT2D eigenvalue weighted by Crippen LogP contribution is 2.53. The van der Waals surface area contributed by atoms with E-state index in [0.717, 1.165) is 80.5 Å². The number of nitrogen functional groups attached to an aromatic ring is 1. The molecule has 45 heavy (non-hydrogen) atoms. The summed E-state index contributed by atoms with van der Waals surface area (Å²) in [4.78, 5) is 12.1. The van der Waals surface area contributed by atoms with Gasteiger partial charge in [-0.3, -0.25) is 4.90 Å². The molecule has 3 aromatic rings. The Hall–Kier alpha value is -3.72. The summed E-state index contributed by atoms with van der Waals surface area (Å²) >= 11 is 0. The van der Waals surface area contributed by atoms with Crippen LogP contribution in [0.4, 0.5) is 5.69 Å². The first kappa shape index (κ1) is 30.0. The van der Waals surface area contributed by atoms with Crippen LogP contribution in [-0.2, 0) is 23.0 Å². The van der Waals surface area contributed by atoms with E-state index >= 15 is 0 Å². The van der Waals surface area contributed by atoms with Gasteiger partial charge in [0, 0.05) is 31.5 Å². The van der Waals surface area contributed by atoms with Gasteiger partial charge < -0.3 is 29.8 Å². The van der Waals surface area contributed by atoms with Gasteiger partial charge in [0.1, 0.15) is 18.3 Å². The van der Waals surface area contributed by atoms with E-state index in [1.165, 1.54) is 0 Å². The largest absolute Gasteiger partial charge is 0.473 e. The maximum Gasteiger partial charge on any atom is 0.221 e. The summed E-state index contributed by atoms with van der Waals surface area (Å²) in [6, 6.07) is 8.19. The molecular weight excluding hydrogens is 570 g/mol. The number of hydrogen-bond acceptors (Lipinski definition) is 11. The van der Waals surface area contributed by atoms with Gasteiger partial charge in [0.25, 0.3) is 0 Å². The Kier molecular flexibility index (Phi) is 7.50. The van der Waals surface area contributed by atoms with E-state index in [1.54, 1.807) is 13.2 Å². The van der Waals surface area contributed by atoms with Crippen molar-refractivity contribution < 1.29 is 18.7 Å². The molecule has 2 fully saturated rings. The number of methoxy groups -OCH3 is 1. The van der Waals surface area contributed by atoms with Gasteiger partial charge >= 0.3 is 0 Å². The predicted octanol–water partition coefficient (Wildman–Crippen LogP) is 4.16. The monoisotopic (exact) mass is 613 g/mol. The van der Waals surface area contributed by atoms with Gasteiger partial charge in [-0.1, -0.05) is 11.2 Å². The van der Waals surface area contributed by atoms with Crippen LogP contribution < -0.4 is 20.5 Å². The minimum atomic E-state index is -0.460. The van der Waals surface area contributed by atoms with Gasteiger partial charge in [0.15, 0.2) is 17.3 Å². The van der Waals surface area contributed by atoms with Gasteiger partial charge in [-0.25, -0.2) is 0 Å². The Labute approximate surface area is 264 Å². The molecule has 2 aromatic heterocycles. The van der Waals surface area contributed by atoms with Crippen molar-refractivity contribution in [3.63, 3.8) is 0 Å². The normalized spacial score (nSPS) is 27.7. The van der Waals surface area contributed by atoms with Crippen molar-refractivity contribution in [2.24, 2.45) is 0 Å². The molecule has 5 atom stereocenters. The summed E-state index contributed by atoms with van der Waals surface area (Å²) in [7, 11) is 3.85. The van der Waals surface area contributed by atoms with Crippen LogP contribution in [0.2, 0.25) is 0 Å². The quantitative estimate of drug-likeness (QED) is 0.371. The van der Waals surface area contributed by atoms with Crippen molar-refractivity contribution in [1.29, 1.82) is 5.26 Å². The summed E-state index contributed by atoms with van der Waals surface area (Å²) in [5.41, 5.74) is 10.5. The Morgan fingerprint density at radius 2 is 1.96 bits per heavy atom. The standard InChI is InChI=1S/C34H43N7O4/c1-19(30-24(42-5)12-15-41(30)4)43-26-16-27(44-25-18-37-33(25,2)3)39-32(38-26)29-21-9-7-14-34(31(21)45-40-29)13-6-8-20-10-11-23(36)22(17-35)28(20)34/h10-11,16,19,24-25,30,37H,6-9,12-15,18,36H2,1-5H3. The number of hydrogen-bond donors (Lipinski definition) is 2. The van der Waals surface area contributed by atoms with E-state index in [4.69, 9.17) is 34.4 Å². The van der Waals surface area contributed by atoms with Crippen LogP contribution in [0.25, 0.3) is 11.5 Å². The number of ether oxygens (including phenoxy) is 3. The lowest BCUT2D eigenvalue weighted by molar-refractivity contribution is 0.0157. The van der Waals surface area contributed by atoms with Crippen molar-refractivity contribution in [3.05, 3.63) is 46.2 Å². The van der Waals surface area contributed by atoms with Crippen LogP contribution in [0.15, 0.2) is 22.7 Å². The minimum Gasteiger partial charge on any atom is -0.473 e. The number of likely N-dealkylation sites (tertiary alicyclic amines) is 1. The third-order valence-corrected chi connectivity index (χ3v) is 10.7. The highest BCUT2D eigenvalue weighted by molar-refractivity contribution is 5.67. The van der Waals surface area contributed by atoms with Crippen molar-refractivity contribution in [2.45, 2.75) is 101 Å². The lowest BCUT2D eigenvalue weighted by atomic mass is 9.61. The molecular formula is C34H43N7O4. The number of aryl methyl sites for hydroxylation is 1. The molecule has 5 unspecified atom stereocenters. The van der Waals surface area contributed by atoms with Crippen LogP contribution in [0.3, 0.4) is 0 Å². The molecule has 4 heterocycles. The van der Waals surface area contributed by atoms with E-state index < -0.39 is 5.41 Å². The van der Waals surface area contributed by atoms with Crippen LogP contribution in [0.5, 0.6) is 11.8 Å². The summed E-state index contributed by atoms with van der Waals surface area (Å²) in [6.07, 6.45) is 6.14. The molecule has 11 heteroatoms. The van der Waals surface area contributed by atoms with E-state index in [-0.39, 0.29) is 29.9 Å². The third kappa shape index (κ3) is 4.94. The molecule has 0 amide bonds. The fourth-order valence-electron chi connectivity index (χ4n) is 8.17. The van der Waals surface area contributed by atoms with Crippen molar-refractivity contribution in [2.75, 3.05) is 33.0 Å². The summed E-state index contributed by atoms with van der Waals surface area (Å²) in [6.45, 7) is 7.95. The second-order valence-corrected chi connectivity index (χ2v) is 13.7. The van der Waals surface area contributed by atoms with Gasteiger partial charge in [0.2, 0.25) is 11.8 Å². The van der Waals surface area contributed by atoms with Crippen LogP contribution in [-0.4, -0.2) is 77.2 Å². The van der Waals surface area contributed by atoms with Crippen molar-refractivity contribution >= 4 is 5.69 Å². The molecule has 238 valence electrons. The number of nitrogens with one attached hydrogen (secondary N) is 1. The fourth-order valence-corrected chi connectivity index (χ4v) is 8.17. The molecule has 2 aliphatic carbocycles. The zero-order chi connectivity index (χ0) is 31.5. The maximum atomic E-state index is 10.2. The number of nitrogens with zero attached hydrogens (tertiary/aromatic N) is 5. The number of aromatic nitrogens is 3. The SMILES string of the molecule is COC1CCN(C)C1C(C)Oc1cc(OC2CNC2(C)C)nc(-c2noc3c2CCCC32CCCc3ccc(N)c(C#N)c32)n1. The number of benzene rings is 1. The van der Waals surface area contributed by atoms with Crippen LogP contribution in [0.1, 0.15) is 80.9 Å². The molecule has 2 saturated heterocycles. The second kappa shape index (κ2) is 11.3. The van der Waals surface area contributed by atoms with Gasteiger partial charge in [-0.05, 0) is 90.0 Å². The van der Waals surface area contributed by atoms with Crippen LogP contribution >= 0.6 is 0 Å². The predicted molar refractivity (Wildman–Crippen MR) is 168 cm³/mol. The minimum absolute atomic E-state index is 0.0487. The van der Waals surface area contributed by atoms with Crippen molar-refractivity contribution in [3.8, 4) is 29.3 Å². The number of rotatable bonds is 7.